The molecule has 0 bridgehead atoms. The van der Waals surface area contributed by atoms with Gasteiger partial charge >= 0.3 is 11.7 Å². The van der Waals surface area contributed by atoms with Crippen molar-refractivity contribution < 1.29 is 18.5 Å². The number of amidine groups is 1. The first kappa shape index (κ1) is 14.2. The SMILES string of the molecule is C[C@H]1COC(N(F)c2cccc([N+](=O)[O-])c2F)=N[C@@H]1C. The van der Waals surface area contributed by atoms with Gasteiger partial charge < -0.3 is 4.74 Å². The number of hydrogen-bond acceptors (Lipinski definition) is 5. The Balaban J connectivity index is 2.35. The van der Waals surface area contributed by atoms with Crippen LogP contribution in [0.5, 0.6) is 0 Å². The molecule has 1 aromatic rings. The zero-order valence-electron chi connectivity index (χ0n) is 10.9. The summed E-state index contributed by atoms with van der Waals surface area (Å²) in [4.78, 5) is 13.7. The molecule has 2 atom stereocenters. The van der Waals surface area contributed by atoms with Gasteiger partial charge in [-0.3, -0.25) is 10.1 Å². The van der Waals surface area contributed by atoms with Crippen molar-refractivity contribution in [1.29, 1.82) is 0 Å². The smallest absolute Gasteiger partial charge is 0.321 e. The molecule has 20 heavy (non-hydrogen) atoms. The van der Waals surface area contributed by atoms with Gasteiger partial charge in [-0.1, -0.05) is 17.5 Å². The predicted octanol–water partition coefficient (Wildman–Crippen LogP) is 2.84. The Kier molecular flexibility index (Phi) is 3.82. The maximum Gasteiger partial charge on any atom is 0.321 e. The second kappa shape index (κ2) is 5.40. The molecule has 0 aromatic heterocycles. The van der Waals surface area contributed by atoms with Crippen LogP contribution in [0.1, 0.15) is 13.8 Å². The van der Waals surface area contributed by atoms with Gasteiger partial charge in [-0.25, -0.2) is 4.99 Å². The minimum atomic E-state index is -1.27. The molecule has 0 N–H and O–H groups in total. The topological polar surface area (TPSA) is 68.0 Å². The van der Waals surface area contributed by atoms with E-state index in [1.165, 1.54) is 6.07 Å². The van der Waals surface area contributed by atoms with E-state index in [-0.39, 0.29) is 23.7 Å². The maximum atomic E-state index is 14.1. The van der Waals surface area contributed by atoms with Crippen LogP contribution in [0.4, 0.5) is 20.2 Å². The highest BCUT2D eigenvalue weighted by molar-refractivity contribution is 5.90. The van der Waals surface area contributed by atoms with Crippen LogP contribution in [0.25, 0.3) is 0 Å². The highest BCUT2D eigenvalue weighted by atomic mass is 19.2. The van der Waals surface area contributed by atoms with Gasteiger partial charge in [0.15, 0.2) is 0 Å². The van der Waals surface area contributed by atoms with Gasteiger partial charge in [-0.15, -0.1) is 5.12 Å². The lowest BCUT2D eigenvalue weighted by Crippen LogP contribution is -2.35. The monoisotopic (exact) mass is 285 g/mol. The maximum absolute atomic E-state index is 14.1. The molecule has 1 aliphatic heterocycles. The Hall–Kier alpha value is -2.25. The van der Waals surface area contributed by atoms with E-state index in [0.717, 1.165) is 12.1 Å². The Morgan fingerprint density at radius 3 is 2.80 bits per heavy atom. The summed E-state index contributed by atoms with van der Waals surface area (Å²) < 4.78 is 33.1. The van der Waals surface area contributed by atoms with Gasteiger partial charge in [-0.2, -0.15) is 4.39 Å². The predicted molar refractivity (Wildman–Crippen MR) is 68.7 cm³/mol. The van der Waals surface area contributed by atoms with Crippen LogP contribution in [0.15, 0.2) is 23.2 Å². The summed E-state index contributed by atoms with van der Waals surface area (Å²) >= 11 is 0. The van der Waals surface area contributed by atoms with Crippen LogP contribution in [-0.2, 0) is 4.74 Å². The molecule has 2 rings (SSSR count). The molecule has 6 nitrogen and oxygen atoms in total. The highest BCUT2D eigenvalue weighted by Gasteiger charge is 2.29. The van der Waals surface area contributed by atoms with Crippen LogP contribution in [-0.4, -0.2) is 23.6 Å². The summed E-state index contributed by atoms with van der Waals surface area (Å²) in [6, 6.07) is 2.66. The van der Waals surface area contributed by atoms with E-state index in [1.807, 2.05) is 6.92 Å². The molecule has 0 aliphatic carbocycles. The molecule has 108 valence electrons. The lowest BCUT2D eigenvalue weighted by atomic mass is 10.1. The Morgan fingerprint density at radius 1 is 1.50 bits per heavy atom. The van der Waals surface area contributed by atoms with Gasteiger partial charge in [0.2, 0.25) is 5.82 Å². The summed E-state index contributed by atoms with van der Waals surface area (Å²) in [5.41, 5.74) is -1.40. The van der Waals surface area contributed by atoms with Gasteiger partial charge in [-0.05, 0) is 13.0 Å². The van der Waals surface area contributed by atoms with Crippen molar-refractivity contribution in [3.05, 3.63) is 34.1 Å². The summed E-state index contributed by atoms with van der Waals surface area (Å²) in [6.45, 7) is 3.92. The minimum Gasteiger partial charge on any atom is -0.463 e. The lowest BCUT2D eigenvalue weighted by molar-refractivity contribution is -0.387. The third kappa shape index (κ3) is 2.54. The number of nitro benzene ring substituents is 1. The van der Waals surface area contributed by atoms with Crippen molar-refractivity contribution in [2.24, 2.45) is 10.9 Å². The van der Waals surface area contributed by atoms with Crippen molar-refractivity contribution in [2.45, 2.75) is 19.9 Å². The number of nitrogens with zero attached hydrogens (tertiary/aromatic N) is 3. The molecular weight excluding hydrogens is 272 g/mol. The number of nitro groups is 1. The quantitative estimate of drug-likeness (QED) is 0.476. The molecule has 0 radical (unpaired) electrons. The second-order valence-corrected chi connectivity index (χ2v) is 4.59. The third-order valence-corrected chi connectivity index (χ3v) is 3.15. The van der Waals surface area contributed by atoms with Crippen LogP contribution in [0.2, 0.25) is 0 Å². The number of anilines is 1. The minimum absolute atomic E-state index is 0.106. The summed E-state index contributed by atoms with van der Waals surface area (Å²) in [6.07, 6.45) is 0. The summed E-state index contributed by atoms with van der Waals surface area (Å²) in [5.74, 6) is -1.15. The first-order valence-electron chi connectivity index (χ1n) is 6.01. The third-order valence-electron chi connectivity index (χ3n) is 3.15. The van der Waals surface area contributed by atoms with E-state index >= 15 is 0 Å². The van der Waals surface area contributed by atoms with Crippen molar-refractivity contribution in [3.8, 4) is 0 Å². The number of aliphatic imine (C=N–C) groups is 1. The van der Waals surface area contributed by atoms with Crippen LogP contribution < -0.4 is 5.12 Å². The fourth-order valence-corrected chi connectivity index (χ4v) is 1.69. The van der Waals surface area contributed by atoms with Gasteiger partial charge in [0.1, 0.15) is 5.69 Å². The number of ether oxygens (including phenoxy) is 1. The summed E-state index contributed by atoms with van der Waals surface area (Å²) in [7, 11) is 0. The number of rotatable bonds is 2. The van der Waals surface area contributed by atoms with E-state index in [2.05, 4.69) is 4.99 Å². The molecule has 8 heteroatoms. The van der Waals surface area contributed by atoms with E-state index in [1.54, 1.807) is 6.92 Å². The fraction of sp³-hybridized carbons (Fsp3) is 0.417. The van der Waals surface area contributed by atoms with E-state index in [9.17, 15) is 19.0 Å². The zero-order valence-corrected chi connectivity index (χ0v) is 10.9. The standard InChI is InChI=1S/C12H13F2N3O3/c1-7-6-20-12(15-8(7)2)16(14)9-4-3-5-10(11(9)13)17(18)19/h3-5,7-8H,6H2,1-2H3/t7-,8+/m0/s1. The molecule has 1 heterocycles. The van der Waals surface area contributed by atoms with Gasteiger partial charge in [0.05, 0.1) is 17.6 Å². The molecule has 0 spiro atoms. The molecule has 1 aromatic carbocycles. The van der Waals surface area contributed by atoms with E-state index in [4.69, 9.17) is 4.74 Å². The normalized spacial score (nSPS) is 21.9. The van der Waals surface area contributed by atoms with Crippen molar-refractivity contribution in [3.63, 3.8) is 0 Å². The Labute approximate surface area is 113 Å². The lowest BCUT2D eigenvalue weighted by Gasteiger charge is -2.26. The van der Waals surface area contributed by atoms with Gasteiger partial charge in [0, 0.05) is 12.0 Å². The van der Waals surface area contributed by atoms with Crippen molar-refractivity contribution in [2.75, 3.05) is 11.7 Å². The van der Waals surface area contributed by atoms with Crippen LogP contribution in [0, 0.1) is 21.8 Å². The molecule has 0 unspecified atom stereocenters. The Morgan fingerprint density at radius 2 is 2.20 bits per heavy atom. The second-order valence-electron chi connectivity index (χ2n) is 4.59. The fourth-order valence-electron chi connectivity index (χ4n) is 1.69. The number of benzene rings is 1. The van der Waals surface area contributed by atoms with Crippen LogP contribution in [0.3, 0.4) is 0 Å². The molecule has 0 saturated carbocycles. The number of hydrogen-bond donors (Lipinski definition) is 0. The van der Waals surface area contributed by atoms with Crippen LogP contribution >= 0.6 is 0 Å². The van der Waals surface area contributed by atoms with E-state index < -0.39 is 28.1 Å². The van der Waals surface area contributed by atoms with Gasteiger partial charge in [0.25, 0.3) is 0 Å². The van der Waals surface area contributed by atoms with Crippen molar-refractivity contribution >= 4 is 17.4 Å². The first-order chi connectivity index (χ1) is 9.41. The molecular formula is C12H13F2N3O3. The van der Waals surface area contributed by atoms with Crippen molar-refractivity contribution in [1.82, 2.24) is 0 Å². The highest BCUT2D eigenvalue weighted by Crippen LogP contribution is 2.29. The van der Waals surface area contributed by atoms with E-state index in [0.29, 0.717) is 0 Å². The largest absolute Gasteiger partial charge is 0.463 e. The number of halogens is 2. The first-order valence-corrected chi connectivity index (χ1v) is 6.01. The molecule has 0 fully saturated rings. The molecule has 0 saturated heterocycles. The Bertz CT molecular complexity index is 565. The molecule has 1 aliphatic rings. The average molecular weight is 285 g/mol. The average Bonchev–Trinajstić information content (AvgIpc) is 2.41. The zero-order chi connectivity index (χ0) is 14.9. The summed E-state index contributed by atoms with van der Waals surface area (Å²) in [5, 5.41) is 10.5. The molecule has 0 amide bonds.